The van der Waals surface area contributed by atoms with Gasteiger partial charge in [-0.05, 0) is 25.1 Å². The van der Waals surface area contributed by atoms with E-state index >= 15 is 0 Å². The highest BCUT2D eigenvalue weighted by molar-refractivity contribution is 6.31. The van der Waals surface area contributed by atoms with E-state index in [1.54, 1.807) is 31.2 Å². The van der Waals surface area contributed by atoms with E-state index in [4.69, 9.17) is 16.3 Å². The summed E-state index contributed by atoms with van der Waals surface area (Å²) in [6.07, 6.45) is 0. The third kappa shape index (κ3) is 2.76. The average Bonchev–Trinajstić information content (AvgIpc) is 2.95. The van der Waals surface area contributed by atoms with Crippen molar-refractivity contribution in [3.63, 3.8) is 0 Å². The number of H-pyrrole nitrogens is 1. The van der Waals surface area contributed by atoms with E-state index in [0.29, 0.717) is 17.0 Å². The van der Waals surface area contributed by atoms with E-state index in [1.165, 1.54) is 7.11 Å². The van der Waals surface area contributed by atoms with Gasteiger partial charge >= 0.3 is 0 Å². The molecule has 1 aromatic carbocycles. The Hall–Kier alpha value is -2.87. The van der Waals surface area contributed by atoms with Gasteiger partial charge in [-0.3, -0.25) is 20.0 Å². The van der Waals surface area contributed by atoms with Crippen LogP contribution < -0.4 is 15.6 Å². The number of methoxy groups -OCH3 is 1. The first-order valence-corrected chi connectivity index (χ1v) is 6.97. The summed E-state index contributed by atoms with van der Waals surface area (Å²) in [7, 11) is 1.51. The number of carbonyl (C=O) groups is 1. The molecule has 3 aromatic rings. The van der Waals surface area contributed by atoms with Crippen molar-refractivity contribution in [1.82, 2.24) is 19.6 Å². The fourth-order valence-corrected chi connectivity index (χ4v) is 2.13. The van der Waals surface area contributed by atoms with Gasteiger partial charge in [-0.25, -0.2) is 4.98 Å². The summed E-state index contributed by atoms with van der Waals surface area (Å²) in [6.45, 7) is 1.60. The molecule has 0 unspecified atom stereocenters. The maximum absolute atomic E-state index is 12.2. The highest BCUT2D eigenvalue weighted by Crippen LogP contribution is 2.14. The first-order valence-electron chi connectivity index (χ1n) is 6.60. The zero-order chi connectivity index (χ0) is 16.6. The second-order valence-corrected chi connectivity index (χ2v) is 5.09. The number of nitrogens with zero attached hydrogens (tertiary/aromatic N) is 3. The molecule has 2 heterocycles. The lowest BCUT2D eigenvalue weighted by molar-refractivity contribution is 0.102. The van der Waals surface area contributed by atoms with Crippen LogP contribution in [-0.2, 0) is 0 Å². The summed E-state index contributed by atoms with van der Waals surface area (Å²) >= 11 is 5.86. The predicted octanol–water partition coefficient (Wildman–Crippen LogP) is 1.64. The molecule has 2 N–H and O–H groups in total. The van der Waals surface area contributed by atoms with Crippen LogP contribution in [0.2, 0.25) is 5.02 Å². The molecular weight excluding hydrogens is 322 g/mol. The summed E-state index contributed by atoms with van der Waals surface area (Å²) in [6, 6.07) is 6.64. The molecular formula is C14H12ClN5O3. The largest absolute Gasteiger partial charge is 0.497 e. The number of halogens is 1. The van der Waals surface area contributed by atoms with Crippen LogP contribution in [0, 0.1) is 6.92 Å². The van der Waals surface area contributed by atoms with Crippen molar-refractivity contribution in [2.75, 3.05) is 12.4 Å². The summed E-state index contributed by atoms with van der Waals surface area (Å²) in [5, 5.41) is 5.20. The second-order valence-electron chi connectivity index (χ2n) is 4.71. The van der Waals surface area contributed by atoms with Crippen molar-refractivity contribution in [3.8, 4) is 5.75 Å². The van der Waals surface area contributed by atoms with Gasteiger partial charge in [-0.1, -0.05) is 17.7 Å². The first kappa shape index (κ1) is 15.0. The Labute approximate surface area is 135 Å². The maximum Gasteiger partial charge on any atom is 0.293 e. The Balaban J connectivity index is 1.93. The van der Waals surface area contributed by atoms with Gasteiger partial charge in [0.15, 0.2) is 0 Å². The van der Waals surface area contributed by atoms with E-state index < -0.39 is 11.5 Å². The smallest absolute Gasteiger partial charge is 0.293 e. The summed E-state index contributed by atoms with van der Waals surface area (Å²) in [5.74, 6) is 0.364. The minimum absolute atomic E-state index is 0.00294. The Bertz CT molecular complexity index is 963. The summed E-state index contributed by atoms with van der Waals surface area (Å²) in [5.41, 5.74) is 0.275. The number of amides is 1. The lowest BCUT2D eigenvalue weighted by Gasteiger charge is -2.03. The number of aryl methyl sites for hydroxylation is 1. The molecule has 0 spiro atoms. The molecule has 0 aliphatic rings. The third-order valence-corrected chi connectivity index (χ3v) is 3.60. The molecule has 0 atom stereocenters. The molecule has 118 valence electrons. The Morgan fingerprint density at radius 3 is 2.91 bits per heavy atom. The van der Waals surface area contributed by atoms with Gasteiger partial charge in [-0.15, -0.1) is 0 Å². The van der Waals surface area contributed by atoms with Crippen molar-refractivity contribution < 1.29 is 9.53 Å². The summed E-state index contributed by atoms with van der Waals surface area (Å²) in [4.78, 5) is 32.3. The number of rotatable bonds is 3. The van der Waals surface area contributed by atoms with E-state index in [9.17, 15) is 9.59 Å². The number of anilines is 1. The number of aromatic nitrogens is 4. The molecule has 8 nitrogen and oxygen atoms in total. The summed E-state index contributed by atoms with van der Waals surface area (Å²) < 4.78 is 6.14. The highest BCUT2D eigenvalue weighted by atomic mass is 35.5. The van der Waals surface area contributed by atoms with Crippen LogP contribution in [0.25, 0.3) is 5.78 Å². The van der Waals surface area contributed by atoms with Crippen LogP contribution in [0.15, 0.2) is 29.1 Å². The topological polar surface area (TPSA) is 101 Å². The highest BCUT2D eigenvalue weighted by Gasteiger charge is 2.14. The molecule has 9 heteroatoms. The van der Waals surface area contributed by atoms with Gasteiger partial charge in [0, 0.05) is 5.56 Å². The number of aromatic amines is 1. The number of nitrogens with one attached hydrogen (secondary N) is 2. The van der Waals surface area contributed by atoms with Gasteiger partial charge in [0.25, 0.3) is 17.2 Å². The molecule has 0 radical (unpaired) electrons. The average molecular weight is 334 g/mol. The lowest BCUT2D eigenvalue weighted by Crippen LogP contribution is -2.17. The fourth-order valence-electron chi connectivity index (χ4n) is 2.00. The van der Waals surface area contributed by atoms with Gasteiger partial charge in [0.2, 0.25) is 5.95 Å². The molecule has 0 saturated heterocycles. The number of fused-ring (bicyclic) bond motifs is 1. The predicted molar refractivity (Wildman–Crippen MR) is 84.3 cm³/mol. The first-order chi connectivity index (χ1) is 11.0. The molecule has 0 aliphatic heterocycles. The van der Waals surface area contributed by atoms with Crippen LogP contribution in [0.5, 0.6) is 5.75 Å². The molecule has 23 heavy (non-hydrogen) atoms. The van der Waals surface area contributed by atoms with Gasteiger partial charge < -0.3 is 4.74 Å². The zero-order valence-electron chi connectivity index (χ0n) is 12.3. The van der Waals surface area contributed by atoms with E-state index in [0.717, 1.165) is 4.52 Å². The van der Waals surface area contributed by atoms with Crippen molar-refractivity contribution in [1.29, 1.82) is 0 Å². The van der Waals surface area contributed by atoms with Crippen LogP contribution in [0.4, 0.5) is 5.95 Å². The minimum Gasteiger partial charge on any atom is -0.497 e. The number of carbonyl (C=O) groups excluding carboxylic acids is 1. The standard InChI is InChI=1S/C14H12ClN5O3/c1-7-10(15)12(22)20-14(16-7)18-13(19-20)17-11(21)8-4-3-5-9(6-8)23-2/h3-6H,1-2H3,(H2,16,17,18,19,21). The maximum atomic E-state index is 12.2. The Morgan fingerprint density at radius 1 is 1.39 bits per heavy atom. The molecule has 1 amide bonds. The van der Waals surface area contributed by atoms with E-state index in [1.807, 2.05) is 0 Å². The SMILES string of the molecule is COc1cccc(C(=O)Nc2nc3nc(C)c(Cl)c(=O)n3[nH]2)c1. The van der Waals surface area contributed by atoms with Gasteiger partial charge in [0.1, 0.15) is 10.8 Å². The van der Waals surface area contributed by atoms with Crippen molar-refractivity contribution in [2.45, 2.75) is 6.92 Å². The molecule has 3 rings (SSSR count). The monoisotopic (exact) mass is 333 g/mol. The fraction of sp³-hybridized carbons (Fsp3) is 0.143. The minimum atomic E-state index is -0.483. The normalized spacial score (nSPS) is 10.7. The van der Waals surface area contributed by atoms with Crippen molar-refractivity contribution in [2.24, 2.45) is 0 Å². The van der Waals surface area contributed by atoms with Crippen molar-refractivity contribution >= 4 is 29.2 Å². The zero-order valence-corrected chi connectivity index (χ0v) is 13.0. The van der Waals surface area contributed by atoms with Crippen LogP contribution >= 0.6 is 11.6 Å². The quantitative estimate of drug-likeness (QED) is 0.758. The molecule has 0 bridgehead atoms. The van der Waals surface area contributed by atoms with Gasteiger partial charge in [-0.2, -0.15) is 9.50 Å². The third-order valence-electron chi connectivity index (χ3n) is 3.17. The Morgan fingerprint density at radius 2 is 2.17 bits per heavy atom. The van der Waals surface area contributed by atoms with Crippen LogP contribution in [-0.4, -0.2) is 32.6 Å². The molecule has 0 aliphatic carbocycles. The molecule has 2 aromatic heterocycles. The number of benzene rings is 1. The van der Waals surface area contributed by atoms with Crippen LogP contribution in [0.1, 0.15) is 16.1 Å². The van der Waals surface area contributed by atoms with E-state index in [2.05, 4.69) is 20.4 Å². The number of hydrogen-bond acceptors (Lipinski definition) is 5. The Kier molecular flexibility index (Phi) is 3.75. The lowest BCUT2D eigenvalue weighted by atomic mass is 10.2. The van der Waals surface area contributed by atoms with Gasteiger partial charge in [0.05, 0.1) is 12.8 Å². The molecule has 0 saturated carbocycles. The van der Waals surface area contributed by atoms with E-state index in [-0.39, 0.29) is 16.7 Å². The van der Waals surface area contributed by atoms with Crippen molar-refractivity contribution in [3.05, 3.63) is 50.9 Å². The number of ether oxygens (including phenoxy) is 1. The van der Waals surface area contributed by atoms with Crippen LogP contribution in [0.3, 0.4) is 0 Å². The molecule has 0 fully saturated rings. The number of hydrogen-bond donors (Lipinski definition) is 2. The second kappa shape index (κ2) is 5.73.